The second-order valence-electron chi connectivity index (χ2n) is 13.2. The van der Waals surface area contributed by atoms with Crippen molar-refractivity contribution < 1.29 is 14.3 Å². The molecule has 5 nitrogen and oxygen atoms in total. The molecule has 0 radical (unpaired) electrons. The van der Waals surface area contributed by atoms with Crippen molar-refractivity contribution in [3.63, 3.8) is 0 Å². The van der Waals surface area contributed by atoms with Gasteiger partial charge in [-0.05, 0) is 86.9 Å². The number of likely N-dealkylation sites (tertiary alicyclic amines) is 1. The number of hydrogen-bond acceptors (Lipinski definition) is 4. The highest BCUT2D eigenvalue weighted by molar-refractivity contribution is 5.79. The lowest BCUT2D eigenvalue weighted by Gasteiger charge is -2.38. The molecule has 1 aliphatic heterocycles. The summed E-state index contributed by atoms with van der Waals surface area (Å²) in [5.74, 6) is 3.30. The maximum absolute atomic E-state index is 13.8. The first-order valence-corrected chi connectivity index (χ1v) is 17.4. The van der Waals surface area contributed by atoms with Crippen LogP contribution in [0.5, 0.6) is 11.5 Å². The number of benzene rings is 2. The number of carbonyl (C=O) groups is 1. The third kappa shape index (κ3) is 9.99. The van der Waals surface area contributed by atoms with Gasteiger partial charge in [-0.1, -0.05) is 82.7 Å². The van der Waals surface area contributed by atoms with Crippen LogP contribution in [0.4, 0.5) is 0 Å². The molecule has 2 aromatic rings. The molecule has 2 atom stereocenters. The number of ether oxygens (including phenoxy) is 2. The van der Waals surface area contributed by atoms with Gasteiger partial charge in [0.15, 0.2) is 0 Å². The number of nitrogens with one attached hydrogen (secondary N) is 1. The largest absolute Gasteiger partial charge is 0.497 e. The topological polar surface area (TPSA) is 50.8 Å². The highest BCUT2D eigenvalue weighted by atomic mass is 16.5. The Morgan fingerprint density at radius 1 is 0.907 bits per heavy atom. The zero-order chi connectivity index (χ0) is 30.4. The fourth-order valence-electron chi connectivity index (χ4n) is 7.34. The van der Waals surface area contributed by atoms with Gasteiger partial charge >= 0.3 is 0 Å². The summed E-state index contributed by atoms with van der Waals surface area (Å²) in [7, 11) is 3.42. The summed E-state index contributed by atoms with van der Waals surface area (Å²) >= 11 is 0. The van der Waals surface area contributed by atoms with Crippen molar-refractivity contribution in [2.24, 2.45) is 17.8 Å². The lowest BCUT2D eigenvalue weighted by atomic mass is 9.79. The minimum absolute atomic E-state index is 0.0417. The average molecular weight is 591 g/mol. The van der Waals surface area contributed by atoms with Crippen molar-refractivity contribution in [1.82, 2.24) is 10.2 Å². The Hall–Kier alpha value is -2.53. The van der Waals surface area contributed by atoms with Crippen molar-refractivity contribution >= 4 is 5.91 Å². The molecular weight excluding hydrogens is 532 g/mol. The summed E-state index contributed by atoms with van der Waals surface area (Å²) < 4.78 is 11.1. The van der Waals surface area contributed by atoms with Gasteiger partial charge in [-0.3, -0.25) is 9.69 Å². The first-order chi connectivity index (χ1) is 21.0. The second kappa shape index (κ2) is 17.7. The van der Waals surface area contributed by atoms with Crippen LogP contribution in [0.25, 0.3) is 0 Å². The van der Waals surface area contributed by atoms with Crippen molar-refractivity contribution in [2.45, 2.75) is 116 Å². The molecule has 43 heavy (non-hydrogen) atoms. The van der Waals surface area contributed by atoms with E-state index in [4.69, 9.17) is 9.47 Å². The molecule has 5 heteroatoms. The van der Waals surface area contributed by atoms with E-state index in [0.717, 1.165) is 69.2 Å². The standard InChI is InChI=1S/C38H58N2O3/c1-5-7-9-12-29-15-19-31(20-16-29)37(39-38(41)32-21-17-30(18-22-32)13-10-8-6-2)34-14-11-25-40(28-34)27-33-23-24-35(42-3)26-36(33)43-4/h15-16,19-20,23-24,26,30,32,34,37H,5-14,17-18,21-22,25,27-28H2,1-4H3,(H,39,41)/t30-,32-,34?,37?. The van der Waals surface area contributed by atoms with Crippen LogP contribution in [0, 0.1) is 17.8 Å². The Bertz CT molecular complexity index is 1090. The summed E-state index contributed by atoms with van der Waals surface area (Å²) in [4.78, 5) is 16.3. The molecule has 4 rings (SSSR count). The molecule has 0 aromatic heterocycles. The quantitative estimate of drug-likeness (QED) is 0.198. The Balaban J connectivity index is 1.45. The molecule has 2 unspecified atom stereocenters. The fraction of sp³-hybridized carbons (Fsp3) is 0.658. The summed E-state index contributed by atoms with van der Waals surface area (Å²) in [5, 5.41) is 3.63. The van der Waals surface area contributed by atoms with E-state index in [1.807, 2.05) is 12.1 Å². The van der Waals surface area contributed by atoms with Gasteiger partial charge in [0.1, 0.15) is 11.5 Å². The molecule has 2 fully saturated rings. The van der Waals surface area contributed by atoms with Crippen LogP contribution in [0.15, 0.2) is 42.5 Å². The van der Waals surface area contributed by atoms with Crippen LogP contribution in [0.2, 0.25) is 0 Å². The average Bonchev–Trinajstić information content (AvgIpc) is 3.05. The maximum atomic E-state index is 13.8. The van der Waals surface area contributed by atoms with E-state index in [1.165, 1.54) is 74.5 Å². The molecule has 1 aliphatic carbocycles. The van der Waals surface area contributed by atoms with Gasteiger partial charge in [-0.2, -0.15) is 0 Å². The number of nitrogens with zero attached hydrogens (tertiary/aromatic N) is 1. The zero-order valence-corrected chi connectivity index (χ0v) is 27.5. The number of methoxy groups -OCH3 is 2. The molecule has 0 spiro atoms. The van der Waals surface area contributed by atoms with Crippen LogP contribution in [-0.2, 0) is 17.8 Å². The lowest BCUT2D eigenvalue weighted by molar-refractivity contribution is -0.127. The second-order valence-corrected chi connectivity index (χ2v) is 13.2. The van der Waals surface area contributed by atoms with Crippen molar-refractivity contribution in [1.29, 1.82) is 0 Å². The van der Waals surface area contributed by atoms with Crippen LogP contribution < -0.4 is 14.8 Å². The van der Waals surface area contributed by atoms with E-state index in [9.17, 15) is 4.79 Å². The van der Waals surface area contributed by atoms with Crippen LogP contribution in [0.1, 0.15) is 120 Å². The molecule has 0 bridgehead atoms. The van der Waals surface area contributed by atoms with Crippen LogP contribution in [0.3, 0.4) is 0 Å². The summed E-state index contributed by atoms with van der Waals surface area (Å²) in [6.45, 7) is 7.39. The number of aryl methyl sites for hydroxylation is 1. The molecule has 2 aliphatic rings. The lowest BCUT2D eigenvalue weighted by Crippen LogP contribution is -2.44. The summed E-state index contributed by atoms with van der Waals surface area (Å²) in [6, 6.07) is 15.3. The predicted molar refractivity (Wildman–Crippen MR) is 178 cm³/mol. The molecule has 1 saturated carbocycles. The van der Waals surface area contributed by atoms with Gasteiger partial charge in [0, 0.05) is 30.6 Å². The Labute approximate surface area is 262 Å². The summed E-state index contributed by atoms with van der Waals surface area (Å²) in [5.41, 5.74) is 3.84. The van der Waals surface area contributed by atoms with Gasteiger partial charge in [0.25, 0.3) is 0 Å². The SMILES string of the molecule is CCCCCc1ccc(C(NC(=O)[C@H]2CC[C@H](CCCCC)CC2)C2CCCN(Cc3ccc(OC)cc3OC)C2)cc1. The van der Waals surface area contributed by atoms with Gasteiger partial charge in [0.2, 0.25) is 5.91 Å². The number of piperidine rings is 1. The highest BCUT2D eigenvalue weighted by Crippen LogP contribution is 2.36. The smallest absolute Gasteiger partial charge is 0.223 e. The Kier molecular flexibility index (Phi) is 13.7. The summed E-state index contributed by atoms with van der Waals surface area (Å²) in [6.07, 6.45) is 17.0. The monoisotopic (exact) mass is 590 g/mol. The number of rotatable bonds is 16. The van der Waals surface area contributed by atoms with Gasteiger partial charge in [-0.15, -0.1) is 0 Å². The van der Waals surface area contributed by atoms with E-state index in [0.29, 0.717) is 5.92 Å². The Morgan fingerprint density at radius 2 is 1.65 bits per heavy atom. The molecular formula is C38H58N2O3. The third-order valence-corrected chi connectivity index (χ3v) is 10.0. The molecule has 1 amide bonds. The van der Waals surface area contributed by atoms with E-state index < -0.39 is 0 Å². The van der Waals surface area contributed by atoms with E-state index >= 15 is 0 Å². The van der Waals surface area contributed by atoms with Gasteiger partial charge in [0.05, 0.1) is 20.3 Å². The number of carbonyl (C=O) groups excluding carboxylic acids is 1. The van der Waals surface area contributed by atoms with Gasteiger partial charge < -0.3 is 14.8 Å². The van der Waals surface area contributed by atoms with Crippen molar-refractivity contribution in [3.8, 4) is 11.5 Å². The molecule has 1 saturated heterocycles. The minimum Gasteiger partial charge on any atom is -0.497 e. The van der Waals surface area contributed by atoms with Crippen molar-refractivity contribution in [3.05, 3.63) is 59.2 Å². The number of amides is 1. The minimum atomic E-state index is 0.0417. The van der Waals surface area contributed by atoms with Crippen LogP contribution in [-0.4, -0.2) is 38.1 Å². The fourth-order valence-corrected chi connectivity index (χ4v) is 7.34. The first kappa shape index (κ1) is 33.4. The van der Waals surface area contributed by atoms with Crippen LogP contribution >= 0.6 is 0 Å². The molecule has 2 aromatic carbocycles. The van der Waals surface area contributed by atoms with E-state index in [1.54, 1.807) is 14.2 Å². The van der Waals surface area contributed by atoms with E-state index in [2.05, 4.69) is 54.4 Å². The first-order valence-electron chi connectivity index (χ1n) is 17.4. The number of unbranched alkanes of at least 4 members (excludes halogenated alkanes) is 4. The molecule has 1 heterocycles. The normalized spacial score (nSPS) is 21.7. The number of hydrogen-bond donors (Lipinski definition) is 1. The molecule has 1 N–H and O–H groups in total. The van der Waals surface area contributed by atoms with Gasteiger partial charge in [-0.25, -0.2) is 0 Å². The zero-order valence-electron chi connectivity index (χ0n) is 27.5. The predicted octanol–water partition coefficient (Wildman–Crippen LogP) is 8.89. The third-order valence-electron chi connectivity index (χ3n) is 10.0. The maximum Gasteiger partial charge on any atom is 0.223 e. The molecule has 238 valence electrons. The van der Waals surface area contributed by atoms with E-state index in [-0.39, 0.29) is 17.9 Å². The Morgan fingerprint density at radius 3 is 2.35 bits per heavy atom. The van der Waals surface area contributed by atoms with Crippen molar-refractivity contribution in [2.75, 3.05) is 27.3 Å². The highest BCUT2D eigenvalue weighted by Gasteiger charge is 2.33.